The van der Waals surface area contributed by atoms with Gasteiger partial charge in [0.25, 0.3) is 5.69 Å². The van der Waals surface area contributed by atoms with Crippen LogP contribution in [0.5, 0.6) is 0 Å². The van der Waals surface area contributed by atoms with Gasteiger partial charge in [-0.25, -0.2) is 0 Å². The summed E-state index contributed by atoms with van der Waals surface area (Å²) < 4.78 is 2.09. The minimum absolute atomic E-state index is 0.113. The van der Waals surface area contributed by atoms with Crippen molar-refractivity contribution >= 4 is 17.2 Å². The average molecular weight is 382 g/mol. The molecule has 1 aliphatic rings. The molecule has 1 aromatic heterocycles. The van der Waals surface area contributed by atoms with Crippen LogP contribution in [-0.2, 0) is 6.54 Å². The highest BCUT2D eigenvalue weighted by Crippen LogP contribution is 2.28. The first-order valence-electron chi connectivity index (χ1n) is 9.44. The smallest absolute Gasteiger partial charge is 0.292 e. The third-order valence-electron chi connectivity index (χ3n) is 5.34. The first-order valence-corrected chi connectivity index (χ1v) is 9.44. The summed E-state index contributed by atoms with van der Waals surface area (Å²) in [5.74, 6) is 0.113. The first-order chi connectivity index (χ1) is 13.4. The number of allylic oxidation sites excluding steroid dienone is 1. The molecular formula is C21H26N4O3. The van der Waals surface area contributed by atoms with Gasteiger partial charge in [0.1, 0.15) is 5.69 Å². The monoisotopic (exact) mass is 382 g/mol. The van der Waals surface area contributed by atoms with Crippen molar-refractivity contribution in [3.63, 3.8) is 0 Å². The Hall–Kier alpha value is -2.93. The number of hydrogen-bond donors (Lipinski definition) is 0. The summed E-state index contributed by atoms with van der Waals surface area (Å²) in [4.78, 5) is 27.9. The van der Waals surface area contributed by atoms with Crippen molar-refractivity contribution in [3.8, 4) is 0 Å². The molecule has 28 heavy (non-hydrogen) atoms. The summed E-state index contributed by atoms with van der Waals surface area (Å²) in [6.07, 6.45) is 1.83. The van der Waals surface area contributed by atoms with Crippen LogP contribution >= 0.6 is 0 Å². The SMILES string of the molecule is C=CCn1c(C)cc(C(=O)CN2CCN(c3ccccc3[N+](=O)[O-])CC2)c1C. The van der Waals surface area contributed by atoms with E-state index in [1.165, 1.54) is 6.07 Å². The number of Topliss-reactive ketones (excluding diaryl/α,β-unsaturated/α-hetero) is 1. The normalized spacial score (nSPS) is 14.9. The highest BCUT2D eigenvalue weighted by atomic mass is 16.6. The van der Waals surface area contributed by atoms with Crippen molar-refractivity contribution in [2.24, 2.45) is 0 Å². The van der Waals surface area contributed by atoms with Crippen LogP contribution in [0.2, 0.25) is 0 Å². The molecule has 3 rings (SSSR count). The second kappa shape index (κ2) is 8.39. The van der Waals surface area contributed by atoms with E-state index in [4.69, 9.17) is 0 Å². The third kappa shape index (κ3) is 3.99. The van der Waals surface area contributed by atoms with Crippen LogP contribution in [0.1, 0.15) is 21.7 Å². The molecule has 0 spiro atoms. The number of piperazine rings is 1. The molecule has 1 fully saturated rings. The summed E-state index contributed by atoms with van der Waals surface area (Å²) >= 11 is 0. The van der Waals surface area contributed by atoms with Gasteiger partial charge in [-0.2, -0.15) is 0 Å². The van der Waals surface area contributed by atoms with Gasteiger partial charge >= 0.3 is 0 Å². The maximum absolute atomic E-state index is 12.8. The van der Waals surface area contributed by atoms with Crippen molar-refractivity contribution in [2.45, 2.75) is 20.4 Å². The molecule has 0 N–H and O–H groups in total. The zero-order chi connectivity index (χ0) is 20.3. The fourth-order valence-electron chi connectivity index (χ4n) is 3.81. The number of para-hydroxylation sites is 2. The van der Waals surface area contributed by atoms with Crippen LogP contribution in [0, 0.1) is 24.0 Å². The van der Waals surface area contributed by atoms with Crippen LogP contribution in [0.15, 0.2) is 43.0 Å². The van der Waals surface area contributed by atoms with E-state index < -0.39 is 0 Å². The molecule has 0 saturated carbocycles. The van der Waals surface area contributed by atoms with Crippen molar-refractivity contribution in [3.05, 3.63) is 70.1 Å². The minimum atomic E-state index is -0.343. The second-order valence-electron chi connectivity index (χ2n) is 7.12. The van der Waals surface area contributed by atoms with Crippen LogP contribution in [0.3, 0.4) is 0 Å². The van der Waals surface area contributed by atoms with Crippen LogP contribution < -0.4 is 4.90 Å². The summed E-state index contributed by atoms with van der Waals surface area (Å²) in [7, 11) is 0. The zero-order valence-corrected chi connectivity index (χ0v) is 16.4. The Morgan fingerprint density at radius 3 is 2.54 bits per heavy atom. The number of ketones is 1. The van der Waals surface area contributed by atoms with E-state index in [1.54, 1.807) is 12.1 Å². The van der Waals surface area contributed by atoms with Gasteiger partial charge in [0.15, 0.2) is 5.78 Å². The number of anilines is 1. The lowest BCUT2D eigenvalue weighted by molar-refractivity contribution is -0.384. The number of nitrogens with zero attached hydrogens (tertiary/aromatic N) is 4. The fraction of sp³-hybridized carbons (Fsp3) is 0.381. The lowest BCUT2D eigenvalue weighted by Crippen LogP contribution is -2.48. The molecule has 1 saturated heterocycles. The fourth-order valence-corrected chi connectivity index (χ4v) is 3.81. The molecule has 2 aromatic rings. The van der Waals surface area contributed by atoms with Crippen LogP contribution in [0.25, 0.3) is 0 Å². The van der Waals surface area contributed by atoms with E-state index in [2.05, 4.69) is 16.0 Å². The molecule has 7 nitrogen and oxygen atoms in total. The molecule has 2 heterocycles. The average Bonchev–Trinajstić information content (AvgIpc) is 2.97. The van der Waals surface area contributed by atoms with Crippen LogP contribution in [0.4, 0.5) is 11.4 Å². The Bertz CT molecular complexity index is 895. The Labute approximate surface area is 165 Å². The minimum Gasteiger partial charge on any atom is -0.363 e. The lowest BCUT2D eigenvalue weighted by Gasteiger charge is -2.35. The maximum atomic E-state index is 12.8. The summed E-state index contributed by atoms with van der Waals surface area (Å²) in [6, 6.07) is 8.76. The molecule has 148 valence electrons. The highest BCUT2D eigenvalue weighted by Gasteiger charge is 2.25. The van der Waals surface area contributed by atoms with Gasteiger partial charge in [0.2, 0.25) is 0 Å². The number of nitro groups is 1. The van der Waals surface area contributed by atoms with E-state index in [1.807, 2.05) is 37.0 Å². The van der Waals surface area contributed by atoms with E-state index in [9.17, 15) is 14.9 Å². The van der Waals surface area contributed by atoms with Gasteiger partial charge in [-0.1, -0.05) is 18.2 Å². The Morgan fingerprint density at radius 2 is 1.89 bits per heavy atom. The number of aryl methyl sites for hydroxylation is 1. The van der Waals surface area contributed by atoms with Gasteiger partial charge in [0.05, 0.1) is 11.5 Å². The predicted octanol–water partition coefficient (Wildman–Crippen LogP) is 3.20. The van der Waals surface area contributed by atoms with Crippen molar-refractivity contribution in [1.82, 2.24) is 9.47 Å². The molecule has 0 unspecified atom stereocenters. The largest absolute Gasteiger partial charge is 0.363 e. The topological polar surface area (TPSA) is 71.6 Å². The molecule has 0 aliphatic carbocycles. The zero-order valence-electron chi connectivity index (χ0n) is 16.4. The first kappa shape index (κ1) is 19.8. The molecule has 0 atom stereocenters. The number of carbonyl (C=O) groups excluding carboxylic acids is 1. The van der Waals surface area contributed by atoms with Gasteiger partial charge in [-0.3, -0.25) is 19.8 Å². The standard InChI is InChI=1S/C21H26N4O3/c1-4-9-24-16(2)14-18(17(24)3)21(26)15-22-10-12-23(13-11-22)19-7-5-6-8-20(19)25(27)28/h4-8,14H,1,9-13,15H2,2-3H3. The van der Waals surface area contributed by atoms with Gasteiger partial charge in [0, 0.05) is 55.7 Å². The number of benzene rings is 1. The van der Waals surface area contributed by atoms with Crippen LogP contribution in [-0.4, -0.2) is 52.9 Å². The summed E-state index contributed by atoms with van der Waals surface area (Å²) in [6.45, 7) is 11.5. The quantitative estimate of drug-likeness (QED) is 0.318. The Morgan fingerprint density at radius 1 is 1.21 bits per heavy atom. The van der Waals surface area contributed by atoms with Gasteiger partial charge in [-0.15, -0.1) is 6.58 Å². The number of nitro benzene ring substituents is 1. The molecule has 1 aliphatic heterocycles. The number of rotatable bonds is 7. The van der Waals surface area contributed by atoms with Gasteiger partial charge in [-0.05, 0) is 26.0 Å². The van der Waals surface area contributed by atoms with E-state index in [0.717, 1.165) is 17.0 Å². The summed E-state index contributed by atoms with van der Waals surface area (Å²) in [5, 5.41) is 11.3. The number of carbonyl (C=O) groups is 1. The lowest BCUT2D eigenvalue weighted by atomic mass is 10.1. The molecular weight excluding hydrogens is 356 g/mol. The second-order valence-corrected chi connectivity index (χ2v) is 7.12. The Kier molecular flexibility index (Phi) is 5.94. The van der Waals surface area contributed by atoms with E-state index >= 15 is 0 Å². The van der Waals surface area contributed by atoms with Crippen molar-refractivity contribution < 1.29 is 9.72 Å². The third-order valence-corrected chi connectivity index (χ3v) is 5.34. The Balaban J connectivity index is 1.64. The van der Waals surface area contributed by atoms with E-state index in [-0.39, 0.29) is 16.4 Å². The van der Waals surface area contributed by atoms with Crippen molar-refractivity contribution in [2.75, 3.05) is 37.6 Å². The highest BCUT2D eigenvalue weighted by molar-refractivity contribution is 5.99. The predicted molar refractivity (Wildman–Crippen MR) is 110 cm³/mol. The van der Waals surface area contributed by atoms with E-state index in [0.29, 0.717) is 45.0 Å². The molecule has 0 bridgehead atoms. The number of hydrogen-bond acceptors (Lipinski definition) is 5. The molecule has 7 heteroatoms. The van der Waals surface area contributed by atoms with Gasteiger partial charge < -0.3 is 9.47 Å². The van der Waals surface area contributed by atoms with Crippen molar-refractivity contribution in [1.29, 1.82) is 0 Å². The number of aromatic nitrogens is 1. The molecule has 0 amide bonds. The summed E-state index contributed by atoms with van der Waals surface area (Å²) in [5.41, 5.74) is 3.57. The molecule has 1 aromatic carbocycles. The maximum Gasteiger partial charge on any atom is 0.292 e. The molecule has 0 radical (unpaired) electrons.